The van der Waals surface area contributed by atoms with E-state index in [9.17, 15) is 4.79 Å². The van der Waals surface area contributed by atoms with Gasteiger partial charge in [0.2, 0.25) is 0 Å². The second-order valence-corrected chi connectivity index (χ2v) is 7.90. The molecule has 5 rings (SSSR count). The minimum Gasteiger partial charge on any atom is -0.370 e. The summed E-state index contributed by atoms with van der Waals surface area (Å²) < 4.78 is 11.5. The molecule has 2 aromatic heterocycles. The SMILES string of the molecule is CCn1c([C@H]2OCC[C@H]2c2ccccc2)nn(Cc2nnc(C)n2C2CC2)c1=O. The summed E-state index contributed by atoms with van der Waals surface area (Å²) >= 11 is 0. The minimum atomic E-state index is -0.214. The molecule has 29 heavy (non-hydrogen) atoms. The number of benzene rings is 1. The maximum atomic E-state index is 13.1. The van der Waals surface area contributed by atoms with E-state index in [4.69, 9.17) is 9.84 Å². The van der Waals surface area contributed by atoms with Crippen molar-refractivity contribution in [3.63, 3.8) is 0 Å². The molecule has 152 valence electrons. The number of hydrogen-bond donors (Lipinski definition) is 0. The maximum absolute atomic E-state index is 13.1. The molecule has 2 aliphatic rings. The number of ether oxygens (including phenoxy) is 1. The quantitative estimate of drug-likeness (QED) is 0.642. The van der Waals surface area contributed by atoms with Gasteiger partial charge in [-0.3, -0.25) is 4.57 Å². The minimum absolute atomic E-state index is 0.118. The van der Waals surface area contributed by atoms with Crippen molar-refractivity contribution in [2.75, 3.05) is 6.61 Å². The molecule has 3 heterocycles. The smallest absolute Gasteiger partial charge is 0.346 e. The number of aromatic nitrogens is 6. The highest BCUT2D eigenvalue weighted by Gasteiger charge is 2.36. The van der Waals surface area contributed by atoms with Crippen molar-refractivity contribution in [1.29, 1.82) is 0 Å². The Kier molecular flexibility index (Phi) is 4.58. The van der Waals surface area contributed by atoms with Crippen LogP contribution in [0, 0.1) is 6.92 Å². The van der Waals surface area contributed by atoms with Crippen LogP contribution in [-0.4, -0.2) is 35.7 Å². The molecule has 8 nitrogen and oxygen atoms in total. The fourth-order valence-corrected chi connectivity index (χ4v) is 4.42. The molecule has 2 atom stereocenters. The molecule has 1 aliphatic carbocycles. The summed E-state index contributed by atoms with van der Waals surface area (Å²) in [4.78, 5) is 13.1. The van der Waals surface area contributed by atoms with Gasteiger partial charge in [0.15, 0.2) is 11.6 Å². The van der Waals surface area contributed by atoms with E-state index in [1.165, 1.54) is 10.2 Å². The summed E-state index contributed by atoms with van der Waals surface area (Å²) in [5, 5.41) is 13.3. The molecular weight excluding hydrogens is 368 g/mol. The fraction of sp³-hybridized carbons (Fsp3) is 0.524. The average Bonchev–Trinajstić information content (AvgIpc) is 3.19. The van der Waals surface area contributed by atoms with Gasteiger partial charge in [-0.2, -0.15) is 5.10 Å². The van der Waals surface area contributed by atoms with Crippen LogP contribution in [0.25, 0.3) is 0 Å². The van der Waals surface area contributed by atoms with Gasteiger partial charge in [-0.25, -0.2) is 9.48 Å². The van der Waals surface area contributed by atoms with Gasteiger partial charge in [-0.05, 0) is 38.7 Å². The van der Waals surface area contributed by atoms with Gasteiger partial charge in [-0.15, -0.1) is 10.2 Å². The van der Waals surface area contributed by atoms with Crippen molar-refractivity contribution in [2.24, 2.45) is 0 Å². The first-order chi connectivity index (χ1) is 14.2. The summed E-state index contributed by atoms with van der Waals surface area (Å²) in [5.74, 6) is 2.60. The lowest BCUT2D eigenvalue weighted by molar-refractivity contribution is 0.0934. The Morgan fingerprint density at radius 1 is 1.14 bits per heavy atom. The molecule has 0 spiro atoms. The van der Waals surface area contributed by atoms with Gasteiger partial charge in [-0.1, -0.05) is 30.3 Å². The predicted molar refractivity (Wildman–Crippen MR) is 107 cm³/mol. The van der Waals surface area contributed by atoms with Crippen LogP contribution in [-0.2, 0) is 17.8 Å². The van der Waals surface area contributed by atoms with Crippen molar-refractivity contribution < 1.29 is 4.74 Å². The van der Waals surface area contributed by atoms with E-state index < -0.39 is 0 Å². The van der Waals surface area contributed by atoms with E-state index in [-0.39, 0.29) is 17.7 Å². The third kappa shape index (κ3) is 3.21. The lowest BCUT2D eigenvalue weighted by Crippen LogP contribution is -2.27. The van der Waals surface area contributed by atoms with Crippen LogP contribution in [0.2, 0.25) is 0 Å². The summed E-state index contributed by atoms with van der Waals surface area (Å²) in [6.45, 7) is 5.50. The van der Waals surface area contributed by atoms with E-state index in [0.717, 1.165) is 30.9 Å². The second kappa shape index (κ2) is 7.26. The molecule has 0 unspecified atom stereocenters. The Morgan fingerprint density at radius 3 is 2.66 bits per heavy atom. The van der Waals surface area contributed by atoms with Crippen molar-refractivity contribution in [3.05, 3.63) is 63.9 Å². The van der Waals surface area contributed by atoms with E-state index in [2.05, 4.69) is 26.9 Å². The zero-order valence-electron chi connectivity index (χ0n) is 16.9. The number of nitrogens with zero attached hydrogens (tertiary/aromatic N) is 6. The number of aryl methyl sites for hydroxylation is 1. The van der Waals surface area contributed by atoms with Gasteiger partial charge >= 0.3 is 5.69 Å². The van der Waals surface area contributed by atoms with E-state index in [1.807, 2.05) is 32.0 Å². The molecule has 1 saturated heterocycles. The third-order valence-electron chi connectivity index (χ3n) is 5.98. The molecule has 1 aromatic carbocycles. The normalized spacial score (nSPS) is 21.7. The standard InChI is InChI=1S/C21H26N6O2/c1-3-25-20(19-17(11-12-29-19)15-7-5-4-6-8-15)24-26(21(25)28)13-18-23-22-14(2)27(18)16-9-10-16/h4-8,16-17,19H,3,9-13H2,1-2H3/t17-,19-/m0/s1. The van der Waals surface area contributed by atoms with Crippen molar-refractivity contribution in [1.82, 2.24) is 29.1 Å². The molecule has 0 amide bonds. The van der Waals surface area contributed by atoms with Gasteiger partial charge in [0.25, 0.3) is 0 Å². The lowest BCUT2D eigenvalue weighted by atomic mass is 9.92. The molecule has 0 bridgehead atoms. The first kappa shape index (κ1) is 18.3. The van der Waals surface area contributed by atoms with Crippen LogP contribution < -0.4 is 5.69 Å². The zero-order valence-corrected chi connectivity index (χ0v) is 16.9. The van der Waals surface area contributed by atoms with Crippen molar-refractivity contribution >= 4 is 0 Å². The fourth-order valence-electron chi connectivity index (χ4n) is 4.42. The van der Waals surface area contributed by atoms with Gasteiger partial charge in [0.05, 0.1) is 0 Å². The van der Waals surface area contributed by atoms with E-state index in [0.29, 0.717) is 31.6 Å². The Hall–Kier alpha value is -2.74. The van der Waals surface area contributed by atoms with Crippen LogP contribution >= 0.6 is 0 Å². The highest BCUT2D eigenvalue weighted by molar-refractivity contribution is 5.23. The molecular formula is C21H26N6O2. The molecule has 8 heteroatoms. The first-order valence-corrected chi connectivity index (χ1v) is 10.4. The van der Waals surface area contributed by atoms with Crippen molar-refractivity contribution in [2.45, 2.75) is 64.3 Å². The van der Waals surface area contributed by atoms with Crippen LogP contribution in [0.5, 0.6) is 0 Å². The number of hydrogen-bond acceptors (Lipinski definition) is 5. The summed E-state index contributed by atoms with van der Waals surface area (Å²) in [6, 6.07) is 10.8. The lowest BCUT2D eigenvalue weighted by Gasteiger charge is -2.18. The van der Waals surface area contributed by atoms with Gasteiger partial charge in [0.1, 0.15) is 18.5 Å². The van der Waals surface area contributed by atoms with E-state index >= 15 is 0 Å². The predicted octanol–water partition coefficient (Wildman–Crippen LogP) is 2.59. The average molecular weight is 394 g/mol. The van der Waals surface area contributed by atoms with Gasteiger partial charge in [0, 0.05) is 25.1 Å². The zero-order chi connectivity index (χ0) is 20.0. The van der Waals surface area contributed by atoms with Crippen molar-refractivity contribution in [3.8, 4) is 0 Å². The largest absolute Gasteiger partial charge is 0.370 e. The summed E-state index contributed by atoms with van der Waals surface area (Å²) in [5.41, 5.74) is 1.11. The monoisotopic (exact) mass is 394 g/mol. The van der Waals surface area contributed by atoms with Crippen LogP contribution in [0.3, 0.4) is 0 Å². The molecule has 1 saturated carbocycles. The van der Waals surface area contributed by atoms with Gasteiger partial charge < -0.3 is 9.30 Å². The Morgan fingerprint density at radius 2 is 1.93 bits per heavy atom. The number of rotatable bonds is 6. The second-order valence-electron chi connectivity index (χ2n) is 7.90. The Bertz CT molecular complexity index is 1060. The molecule has 1 aliphatic heterocycles. The topological polar surface area (TPSA) is 79.8 Å². The maximum Gasteiger partial charge on any atom is 0.346 e. The first-order valence-electron chi connectivity index (χ1n) is 10.4. The van der Waals surface area contributed by atoms with Crippen LogP contribution in [0.1, 0.15) is 67.3 Å². The van der Waals surface area contributed by atoms with Crippen LogP contribution in [0.15, 0.2) is 35.1 Å². The van der Waals surface area contributed by atoms with Crippen LogP contribution in [0.4, 0.5) is 0 Å². The third-order valence-corrected chi connectivity index (χ3v) is 5.98. The molecule has 2 fully saturated rings. The molecule has 3 aromatic rings. The molecule has 0 radical (unpaired) electrons. The summed E-state index contributed by atoms with van der Waals surface area (Å²) in [7, 11) is 0. The Balaban J connectivity index is 1.50. The van der Waals surface area contributed by atoms with E-state index in [1.54, 1.807) is 4.57 Å². The summed E-state index contributed by atoms with van der Waals surface area (Å²) in [6.07, 6.45) is 3.00. The Labute approximate surface area is 169 Å². The highest BCUT2D eigenvalue weighted by atomic mass is 16.5. The highest BCUT2D eigenvalue weighted by Crippen LogP contribution is 2.40. The molecule has 0 N–H and O–H groups in total.